The molecule has 1 aromatic heterocycles. The maximum absolute atomic E-state index is 14.4. The number of hydrogen-bond donors (Lipinski definition) is 1. The molecule has 3 rings (SSSR count). The number of thiazole rings is 1. The van der Waals surface area contributed by atoms with Crippen LogP contribution in [0.2, 0.25) is 0 Å². The molecule has 1 N–H and O–H groups in total. The van der Waals surface area contributed by atoms with E-state index in [0.717, 1.165) is 18.4 Å². The molecular weight excluding hydrogens is 381 g/mol. The van der Waals surface area contributed by atoms with Crippen LogP contribution in [0.4, 0.5) is 13.2 Å². The highest BCUT2D eigenvalue weighted by molar-refractivity contribution is 7.16. The minimum atomic E-state index is -1.42. The zero-order valence-electron chi connectivity index (χ0n) is 15.0. The molecule has 0 saturated carbocycles. The zero-order chi connectivity index (χ0) is 19.9. The number of hydrogen-bond acceptors (Lipinski definition) is 5. The van der Waals surface area contributed by atoms with E-state index in [-0.39, 0.29) is 33.2 Å². The first-order chi connectivity index (χ1) is 12.7. The van der Waals surface area contributed by atoms with Crippen LogP contribution in [-0.4, -0.2) is 47.2 Å². The van der Waals surface area contributed by atoms with Gasteiger partial charge in [0.25, 0.3) is 5.91 Å². The molecule has 0 spiro atoms. The molecule has 0 radical (unpaired) electrons. The zero-order valence-corrected chi connectivity index (χ0v) is 15.8. The second kappa shape index (κ2) is 7.47. The lowest BCUT2D eigenvalue weighted by Gasteiger charge is -2.38. The number of ether oxygens (including phenoxy) is 1. The van der Waals surface area contributed by atoms with E-state index >= 15 is 0 Å². The van der Waals surface area contributed by atoms with Gasteiger partial charge in [0.05, 0.1) is 25.0 Å². The monoisotopic (exact) mass is 400 g/mol. The molecule has 2 heterocycles. The van der Waals surface area contributed by atoms with Crippen molar-refractivity contribution < 1.29 is 27.8 Å². The summed E-state index contributed by atoms with van der Waals surface area (Å²) in [6.07, 6.45) is 0.811. The van der Waals surface area contributed by atoms with Crippen molar-refractivity contribution in [3.8, 4) is 16.3 Å². The Morgan fingerprint density at radius 1 is 1.26 bits per heavy atom. The number of aliphatic hydroxyl groups excluding tert-OH is 1. The average molecular weight is 400 g/mol. The van der Waals surface area contributed by atoms with Gasteiger partial charge in [0.15, 0.2) is 17.4 Å². The lowest BCUT2D eigenvalue weighted by atomic mass is 9.88. The van der Waals surface area contributed by atoms with Crippen LogP contribution in [0.3, 0.4) is 0 Å². The number of likely N-dealkylation sites (tertiary alicyclic amines) is 1. The Morgan fingerprint density at radius 3 is 2.48 bits per heavy atom. The summed E-state index contributed by atoms with van der Waals surface area (Å²) in [4.78, 5) is 18.6. The Bertz CT molecular complexity index is 862. The lowest BCUT2D eigenvalue weighted by molar-refractivity contribution is -0.00333. The number of piperidine rings is 1. The topological polar surface area (TPSA) is 62.7 Å². The van der Waals surface area contributed by atoms with Gasteiger partial charge in [0.2, 0.25) is 5.82 Å². The maximum Gasteiger partial charge on any atom is 0.265 e. The molecule has 2 aromatic rings. The summed E-state index contributed by atoms with van der Waals surface area (Å²) >= 11 is 0.889. The van der Waals surface area contributed by atoms with E-state index in [0.29, 0.717) is 19.2 Å². The van der Waals surface area contributed by atoms with Crippen LogP contribution >= 0.6 is 11.3 Å². The van der Waals surface area contributed by atoms with E-state index in [9.17, 15) is 23.1 Å². The van der Waals surface area contributed by atoms with Gasteiger partial charge in [-0.05, 0) is 17.9 Å². The van der Waals surface area contributed by atoms with Crippen molar-refractivity contribution in [2.45, 2.75) is 20.0 Å². The molecule has 1 saturated heterocycles. The molecule has 146 valence electrons. The molecule has 1 aromatic carbocycles. The van der Waals surface area contributed by atoms with Crippen LogP contribution in [0.5, 0.6) is 5.75 Å². The predicted octanol–water partition coefficient (Wildman–Crippen LogP) is 3.32. The molecule has 1 unspecified atom stereocenters. The third kappa shape index (κ3) is 3.53. The largest absolute Gasteiger partial charge is 0.491 e. The van der Waals surface area contributed by atoms with Crippen LogP contribution in [0.25, 0.3) is 10.6 Å². The predicted molar refractivity (Wildman–Crippen MR) is 94.2 cm³/mol. The second-order valence-electron chi connectivity index (χ2n) is 6.75. The summed E-state index contributed by atoms with van der Waals surface area (Å²) in [5.41, 5.74) is -0.273. The third-order valence-electron chi connectivity index (χ3n) is 4.74. The highest BCUT2D eigenvalue weighted by Gasteiger charge is 2.33. The molecule has 1 aliphatic rings. The highest BCUT2D eigenvalue weighted by atomic mass is 32.1. The van der Waals surface area contributed by atoms with Gasteiger partial charge in [-0.25, -0.2) is 13.8 Å². The van der Waals surface area contributed by atoms with Crippen LogP contribution in [-0.2, 0) is 0 Å². The Balaban J connectivity index is 1.90. The van der Waals surface area contributed by atoms with Crippen molar-refractivity contribution >= 4 is 17.2 Å². The normalized spacial score (nSPS) is 22.8. The summed E-state index contributed by atoms with van der Waals surface area (Å²) in [5.74, 6) is -5.02. The molecule has 0 aliphatic carbocycles. The summed E-state index contributed by atoms with van der Waals surface area (Å²) in [5, 5.41) is 10.1. The first-order valence-electron chi connectivity index (χ1n) is 8.39. The number of aromatic nitrogens is 1. The van der Waals surface area contributed by atoms with Crippen molar-refractivity contribution in [2.24, 2.45) is 11.8 Å². The number of carbonyl (C=O) groups is 1. The number of benzene rings is 1. The fraction of sp³-hybridized carbons (Fsp3) is 0.444. The van der Waals surface area contributed by atoms with Gasteiger partial charge in [-0.3, -0.25) is 4.79 Å². The van der Waals surface area contributed by atoms with E-state index in [1.165, 1.54) is 6.20 Å². The van der Waals surface area contributed by atoms with Crippen molar-refractivity contribution in [2.75, 3.05) is 20.2 Å². The Hall–Kier alpha value is -2.13. The van der Waals surface area contributed by atoms with Crippen LogP contribution in [0, 0.1) is 29.3 Å². The molecular formula is C18H19F3N2O3S. The van der Waals surface area contributed by atoms with Crippen LogP contribution in [0.15, 0.2) is 12.3 Å². The summed E-state index contributed by atoms with van der Waals surface area (Å²) in [6.45, 7) is 4.51. The smallest absolute Gasteiger partial charge is 0.265 e. The van der Waals surface area contributed by atoms with Gasteiger partial charge in [-0.2, -0.15) is 4.39 Å². The van der Waals surface area contributed by atoms with Gasteiger partial charge in [0, 0.05) is 13.1 Å². The highest BCUT2D eigenvalue weighted by Crippen LogP contribution is 2.35. The fourth-order valence-corrected chi connectivity index (χ4v) is 4.18. The number of methoxy groups -OCH3 is 1. The Labute approximate surface area is 158 Å². The van der Waals surface area contributed by atoms with Gasteiger partial charge in [0.1, 0.15) is 9.88 Å². The Kier molecular flexibility index (Phi) is 5.43. The Morgan fingerprint density at radius 2 is 1.89 bits per heavy atom. The molecule has 27 heavy (non-hydrogen) atoms. The molecule has 5 nitrogen and oxygen atoms in total. The van der Waals surface area contributed by atoms with Gasteiger partial charge in [-0.1, -0.05) is 13.8 Å². The van der Waals surface area contributed by atoms with Crippen LogP contribution < -0.4 is 4.74 Å². The minimum absolute atomic E-state index is 0.0474. The van der Waals surface area contributed by atoms with E-state index in [1.54, 1.807) is 4.90 Å². The summed E-state index contributed by atoms with van der Waals surface area (Å²) in [6, 6.07) is 0.696. The van der Waals surface area contributed by atoms with Crippen molar-refractivity contribution in [3.05, 3.63) is 34.6 Å². The first kappa shape index (κ1) is 19.6. The number of nitrogens with zero attached hydrogens (tertiary/aromatic N) is 2. The molecule has 0 bridgehead atoms. The first-order valence-corrected chi connectivity index (χ1v) is 9.21. The number of amides is 1. The fourth-order valence-electron chi connectivity index (χ4n) is 3.28. The summed E-state index contributed by atoms with van der Waals surface area (Å²) < 4.78 is 46.3. The van der Waals surface area contributed by atoms with E-state index in [2.05, 4.69) is 9.72 Å². The van der Waals surface area contributed by atoms with Crippen molar-refractivity contribution in [3.63, 3.8) is 0 Å². The van der Waals surface area contributed by atoms with Gasteiger partial charge in [-0.15, -0.1) is 11.3 Å². The molecule has 1 amide bonds. The van der Waals surface area contributed by atoms with Crippen molar-refractivity contribution in [1.29, 1.82) is 0 Å². The standard InChI is InChI=1S/C18H19F3N2O3S/c1-8-6-23(7-9(2)15(8)24)18(25)12-5-22-17(27-12)10-4-11(19)14(21)16(26-3)13(10)20/h4-5,8-9,15,24H,6-7H2,1-3H3/t8-,9+,15?. The molecule has 3 atom stereocenters. The maximum atomic E-state index is 14.4. The number of carbonyl (C=O) groups excluding carboxylic acids is 1. The molecule has 1 aliphatic heterocycles. The minimum Gasteiger partial charge on any atom is -0.491 e. The number of halogens is 3. The number of rotatable bonds is 3. The third-order valence-corrected chi connectivity index (χ3v) is 5.76. The van der Waals surface area contributed by atoms with E-state index in [4.69, 9.17) is 0 Å². The quantitative estimate of drug-likeness (QED) is 0.803. The van der Waals surface area contributed by atoms with Crippen LogP contribution in [0.1, 0.15) is 23.5 Å². The van der Waals surface area contributed by atoms with Gasteiger partial charge >= 0.3 is 0 Å². The second-order valence-corrected chi connectivity index (χ2v) is 7.78. The van der Waals surface area contributed by atoms with E-state index < -0.39 is 29.3 Å². The molecule has 9 heteroatoms. The van der Waals surface area contributed by atoms with E-state index in [1.807, 2.05) is 13.8 Å². The molecule has 1 fully saturated rings. The number of aliphatic hydroxyl groups is 1. The SMILES string of the molecule is COc1c(F)c(F)cc(-c2ncc(C(=O)N3C[C@@H](C)C(O)[C@@H](C)C3)s2)c1F. The van der Waals surface area contributed by atoms with Crippen molar-refractivity contribution in [1.82, 2.24) is 9.88 Å². The summed E-state index contributed by atoms with van der Waals surface area (Å²) in [7, 11) is 1.04. The average Bonchev–Trinajstić information content (AvgIpc) is 3.12. The lowest BCUT2D eigenvalue weighted by Crippen LogP contribution is -2.49. The van der Waals surface area contributed by atoms with Gasteiger partial charge < -0.3 is 14.7 Å².